The van der Waals surface area contributed by atoms with Crippen LogP contribution in [0.4, 0.5) is 0 Å². The largest absolute Gasteiger partial charge is 0.396 e. The van der Waals surface area contributed by atoms with Gasteiger partial charge in [-0.25, -0.2) is 0 Å². The second-order valence-corrected chi connectivity index (χ2v) is 7.68. The molecule has 0 saturated carbocycles. The van der Waals surface area contributed by atoms with Crippen LogP contribution < -0.4 is 0 Å². The number of thiophene rings is 1. The molecule has 0 fully saturated rings. The lowest BCUT2D eigenvalue weighted by atomic mass is 10.2. The third kappa shape index (κ3) is 4.54. The molecule has 0 amide bonds. The summed E-state index contributed by atoms with van der Waals surface area (Å²) in [5.74, 6) is 0. The van der Waals surface area contributed by atoms with Gasteiger partial charge >= 0.3 is 0 Å². The van der Waals surface area contributed by atoms with Crippen LogP contribution in [0.2, 0.25) is 0 Å². The number of aliphatic hydroxyl groups is 1. The van der Waals surface area contributed by atoms with E-state index in [1.54, 1.807) is 25.4 Å². The van der Waals surface area contributed by atoms with Gasteiger partial charge in [-0.2, -0.15) is 17.0 Å². The van der Waals surface area contributed by atoms with E-state index < -0.39 is 10.2 Å². The highest BCUT2D eigenvalue weighted by molar-refractivity contribution is 7.86. The van der Waals surface area contributed by atoms with Gasteiger partial charge in [0.1, 0.15) is 0 Å². The standard InChI is InChI=1S/C12H22N2O3S2/c1-11(10-12-6-4-9-18-12)14(3)19(16,17)13(2)7-5-8-15/h4,6,9,11,15H,5,7-8,10H2,1-3H3. The third-order valence-corrected chi connectivity index (χ3v) is 6.04. The summed E-state index contributed by atoms with van der Waals surface area (Å²) in [6.45, 7) is 2.22. The maximum Gasteiger partial charge on any atom is 0.281 e. The molecule has 1 heterocycles. The van der Waals surface area contributed by atoms with Gasteiger partial charge in [0.2, 0.25) is 0 Å². The van der Waals surface area contributed by atoms with Crippen molar-refractivity contribution in [3.63, 3.8) is 0 Å². The molecule has 0 bridgehead atoms. The van der Waals surface area contributed by atoms with Crippen LogP contribution in [0.15, 0.2) is 17.5 Å². The molecule has 1 N–H and O–H groups in total. The van der Waals surface area contributed by atoms with E-state index in [0.717, 1.165) is 0 Å². The highest BCUT2D eigenvalue weighted by Gasteiger charge is 2.27. The average Bonchev–Trinajstić information content (AvgIpc) is 2.87. The molecule has 1 atom stereocenters. The Labute approximate surface area is 119 Å². The monoisotopic (exact) mass is 306 g/mol. The van der Waals surface area contributed by atoms with Crippen LogP contribution in [0.3, 0.4) is 0 Å². The number of rotatable bonds is 8. The molecule has 0 spiro atoms. The molecule has 7 heteroatoms. The van der Waals surface area contributed by atoms with Crippen LogP contribution in [0.1, 0.15) is 18.2 Å². The van der Waals surface area contributed by atoms with E-state index >= 15 is 0 Å². The van der Waals surface area contributed by atoms with Crippen molar-refractivity contribution in [3.8, 4) is 0 Å². The fraction of sp³-hybridized carbons (Fsp3) is 0.667. The molecule has 5 nitrogen and oxygen atoms in total. The molecule has 19 heavy (non-hydrogen) atoms. The predicted octanol–water partition coefficient (Wildman–Crippen LogP) is 1.17. The zero-order valence-electron chi connectivity index (χ0n) is 11.6. The van der Waals surface area contributed by atoms with Crippen molar-refractivity contribution in [2.75, 3.05) is 27.2 Å². The van der Waals surface area contributed by atoms with E-state index in [1.165, 1.54) is 13.5 Å². The summed E-state index contributed by atoms with van der Waals surface area (Å²) in [5, 5.41) is 10.8. The SMILES string of the molecule is CC(Cc1cccs1)N(C)S(=O)(=O)N(C)CCCO. The summed E-state index contributed by atoms with van der Waals surface area (Å²) in [5.41, 5.74) is 0. The molecule has 1 rings (SSSR count). The predicted molar refractivity (Wildman–Crippen MR) is 78.5 cm³/mol. The van der Waals surface area contributed by atoms with Crippen molar-refractivity contribution in [2.24, 2.45) is 0 Å². The number of aliphatic hydroxyl groups excluding tert-OH is 1. The zero-order valence-corrected chi connectivity index (χ0v) is 13.2. The Bertz CT molecular complexity index is 459. The smallest absolute Gasteiger partial charge is 0.281 e. The lowest BCUT2D eigenvalue weighted by Gasteiger charge is -2.28. The first kappa shape index (κ1) is 16.6. The molecular weight excluding hydrogens is 284 g/mol. The zero-order chi connectivity index (χ0) is 14.5. The maximum atomic E-state index is 12.3. The Hall–Kier alpha value is -0.470. The third-order valence-electron chi connectivity index (χ3n) is 3.09. The van der Waals surface area contributed by atoms with Crippen LogP contribution in [0.5, 0.6) is 0 Å². The second-order valence-electron chi connectivity index (χ2n) is 4.56. The van der Waals surface area contributed by atoms with Gasteiger partial charge in [0, 0.05) is 38.2 Å². The van der Waals surface area contributed by atoms with Crippen molar-refractivity contribution >= 4 is 21.5 Å². The van der Waals surface area contributed by atoms with Crippen LogP contribution in [-0.2, 0) is 16.6 Å². The average molecular weight is 306 g/mol. The van der Waals surface area contributed by atoms with E-state index in [9.17, 15) is 8.42 Å². The minimum atomic E-state index is -3.45. The van der Waals surface area contributed by atoms with Gasteiger partial charge in [0.25, 0.3) is 10.2 Å². The normalized spacial score (nSPS) is 14.2. The summed E-state index contributed by atoms with van der Waals surface area (Å²) in [4.78, 5) is 1.17. The van der Waals surface area contributed by atoms with Gasteiger partial charge in [-0.1, -0.05) is 6.07 Å². The van der Waals surface area contributed by atoms with Crippen LogP contribution in [-0.4, -0.2) is 55.4 Å². The highest BCUT2D eigenvalue weighted by atomic mass is 32.2. The minimum absolute atomic E-state index is 0.00563. The molecular formula is C12H22N2O3S2. The molecule has 1 unspecified atom stereocenters. The Morgan fingerprint density at radius 1 is 1.42 bits per heavy atom. The van der Waals surface area contributed by atoms with Crippen molar-refractivity contribution in [2.45, 2.75) is 25.8 Å². The molecule has 0 radical (unpaired) electrons. The van der Waals surface area contributed by atoms with Crippen LogP contribution in [0.25, 0.3) is 0 Å². The minimum Gasteiger partial charge on any atom is -0.396 e. The molecule has 0 saturated heterocycles. The number of hydrogen-bond acceptors (Lipinski definition) is 4. The van der Waals surface area contributed by atoms with Gasteiger partial charge in [-0.15, -0.1) is 11.3 Å². The van der Waals surface area contributed by atoms with Crippen molar-refractivity contribution in [3.05, 3.63) is 22.4 Å². The van der Waals surface area contributed by atoms with Crippen molar-refractivity contribution in [1.29, 1.82) is 0 Å². The van der Waals surface area contributed by atoms with E-state index in [-0.39, 0.29) is 12.6 Å². The Balaban J connectivity index is 2.66. The van der Waals surface area contributed by atoms with E-state index in [0.29, 0.717) is 19.4 Å². The maximum absolute atomic E-state index is 12.3. The molecule has 1 aromatic heterocycles. The topological polar surface area (TPSA) is 60.9 Å². The van der Waals surface area contributed by atoms with Crippen LogP contribution >= 0.6 is 11.3 Å². The first-order chi connectivity index (χ1) is 8.89. The number of hydrogen-bond donors (Lipinski definition) is 1. The summed E-state index contributed by atoms with van der Waals surface area (Å²) in [6, 6.07) is 3.88. The van der Waals surface area contributed by atoms with Crippen LogP contribution in [0, 0.1) is 0 Å². The Morgan fingerprint density at radius 3 is 2.63 bits per heavy atom. The fourth-order valence-corrected chi connectivity index (χ4v) is 3.86. The van der Waals surface area contributed by atoms with Crippen molar-refractivity contribution < 1.29 is 13.5 Å². The highest BCUT2D eigenvalue weighted by Crippen LogP contribution is 2.16. The van der Waals surface area contributed by atoms with Gasteiger partial charge < -0.3 is 5.11 Å². The van der Waals surface area contributed by atoms with Gasteiger partial charge in [0.15, 0.2) is 0 Å². The summed E-state index contributed by atoms with van der Waals surface area (Å²) in [6.07, 6.45) is 1.16. The van der Waals surface area contributed by atoms with E-state index in [4.69, 9.17) is 5.11 Å². The van der Waals surface area contributed by atoms with E-state index in [2.05, 4.69) is 0 Å². The molecule has 0 aliphatic carbocycles. The first-order valence-electron chi connectivity index (χ1n) is 6.22. The Kier molecular flexibility index (Phi) is 6.41. The first-order valence-corrected chi connectivity index (χ1v) is 8.49. The van der Waals surface area contributed by atoms with Crippen molar-refractivity contribution in [1.82, 2.24) is 8.61 Å². The lowest BCUT2D eigenvalue weighted by molar-refractivity contribution is 0.270. The molecule has 1 aromatic rings. The summed E-state index contributed by atoms with van der Waals surface area (Å²) in [7, 11) is -0.312. The fourth-order valence-electron chi connectivity index (χ4n) is 1.70. The molecule has 0 aliphatic heterocycles. The van der Waals surface area contributed by atoms with E-state index in [1.807, 2.05) is 24.4 Å². The molecule has 110 valence electrons. The number of nitrogens with zero attached hydrogens (tertiary/aromatic N) is 2. The van der Waals surface area contributed by atoms with Gasteiger partial charge in [-0.3, -0.25) is 0 Å². The quantitative estimate of drug-likeness (QED) is 0.784. The van der Waals surface area contributed by atoms with Gasteiger partial charge in [-0.05, 0) is 31.2 Å². The Morgan fingerprint density at radius 2 is 2.11 bits per heavy atom. The second kappa shape index (κ2) is 7.35. The van der Waals surface area contributed by atoms with Gasteiger partial charge in [0.05, 0.1) is 0 Å². The lowest BCUT2D eigenvalue weighted by Crippen LogP contribution is -2.45. The summed E-state index contributed by atoms with van der Waals surface area (Å²) < 4.78 is 27.2. The molecule has 0 aliphatic rings. The molecule has 0 aromatic carbocycles. The summed E-state index contributed by atoms with van der Waals surface area (Å²) >= 11 is 1.63. The number of likely N-dealkylation sites (N-methyl/N-ethyl adjacent to an activating group) is 1.